The minimum Gasteiger partial charge on any atom is -0.468 e. The molecule has 0 spiro atoms. The van der Waals surface area contributed by atoms with E-state index >= 15 is 0 Å². The van der Waals surface area contributed by atoms with Crippen molar-refractivity contribution in [3.63, 3.8) is 0 Å². The smallest absolute Gasteiger partial charge is 0.230 e. The first kappa shape index (κ1) is 18.7. The van der Waals surface area contributed by atoms with Crippen molar-refractivity contribution >= 4 is 11.6 Å². The summed E-state index contributed by atoms with van der Waals surface area (Å²) in [5.41, 5.74) is 0.968. The Morgan fingerprint density at radius 2 is 1.97 bits per heavy atom. The lowest BCUT2D eigenvalue weighted by Crippen LogP contribution is -2.56. The van der Waals surface area contributed by atoms with Gasteiger partial charge in [0.25, 0.3) is 0 Å². The third-order valence-electron chi connectivity index (χ3n) is 7.45. The number of carbonyl (C=O) groups excluding carboxylic acids is 1. The highest BCUT2D eigenvalue weighted by Crippen LogP contribution is 2.53. The topological polar surface area (TPSA) is 52.8 Å². The number of anilines is 1. The van der Waals surface area contributed by atoms with E-state index in [4.69, 9.17) is 4.42 Å². The Balaban J connectivity index is 1.29. The quantitative estimate of drug-likeness (QED) is 0.780. The number of nitrogens with zero attached hydrogens (tertiary/aromatic N) is 4. The fourth-order valence-electron chi connectivity index (χ4n) is 5.93. The summed E-state index contributed by atoms with van der Waals surface area (Å²) in [7, 11) is 0. The van der Waals surface area contributed by atoms with Gasteiger partial charge in [-0.25, -0.2) is 0 Å². The average molecular weight is 395 g/mol. The molecule has 2 bridgehead atoms. The Hall–Kier alpha value is -2.34. The van der Waals surface area contributed by atoms with Crippen molar-refractivity contribution in [1.82, 2.24) is 14.8 Å². The van der Waals surface area contributed by atoms with Crippen LogP contribution in [-0.2, 0) is 11.3 Å². The molecule has 1 amide bonds. The zero-order chi connectivity index (χ0) is 19.8. The summed E-state index contributed by atoms with van der Waals surface area (Å²) >= 11 is 0. The number of hydrogen-bond donors (Lipinski definition) is 0. The SMILES string of the molecule is CC[C@]1(C(=O)N2CCN(c3ccncc3)CC2)C[C@H]2CC[C@@H]1N2Cc1ccco1. The van der Waals surface area contributed by atoms with Crippen LogP contribution in [0.1, 0.15) is 38.4 Å². The summed E-state index contributed by atoms with van der Waals surface area (Å²) in [6.07, 6.45) is 9.67. The van der Waals surface area contributed by atoms with Crippen LogP contribution in [-0.4, -0.2) is 59.0 Å². The number of pyridine rings is 1. The van der Waals surface area contributed by atoms with E-state index in [1.807, 2.05) is 36.7 Å². The summed E-state index contributed by atoms with van der Waals surface area (Å²) in [6, 6.07) is 8.95. The molecule has 0 aliphatic carbocycles. The molecule has 6 nitrogen and oxygen atoms in total. The minimum atomic E-state index is -0.228. The monoisotopic (exact) mass is 394 g/mol. The normalized spacial score (nSPS) is 29.6. The van der Waals surface area contributed by atoms with Gasteiger partial charge in [0.15, 0.2) is 0 Å². The number of piperazine rings is 1. The summed E-state index contributed by atoms with van der Waals surface area (Å²) in [6.45, 7) is 6.42. The third-order valence-corrected chi connectivity index (χ3v) is 7.45. The number of aromatic nitrogens is 1. The summed E-state index contributed by atoms with van der Waals surface area (Å²) in [5.74, 6) is 1.39. The maximum Gasteiger partial charge on any atom is 0.230 e. The Bertz CT molecular complexity index is 832. The number of amides is 1. The van der Waals surface area contributed by atoms with Gasteiger partial charge in [0.2, 0.25) is 5.91 Å². The second-order valence-electron chi connectivity index (χ2n) is 8.70. The fraction of sp³-hybridized carbons (Fsp3) is 0.565. The lowest BCUT2D eigenvalue weighted by atomic mass is 9.70. The highest BCUT2D eigenvalue weighted by Gasteiger charge is 2.59. The fourth-order valence-corrected chi connectivity index (χ4v) is 5.93. The number of rotatable bonds is 5. The van der Waals surface area contributed by atoms with E-state index in [9.17, 15) is 4.79 Å². The van der Waals surface area contributed by atoms with Gasteiger partial charge in [-0.1, -0.05) is 6.92 Å². The van der Waals surface area contributed by atoms with Gasteiger partial charge < -0.3 is 14.2 Å². The molecular weight excluding hydrogens is 364 g/mol. The number of hydrogen-bond acceptors (Lipinski definition) is 5. The van der Waals surface area contributed by atoms with Crippen molar-refractivity contribution in [2.45, 2.75) is 51.2 Å². The van der Waals surface area contributed by atoms with Crippen LogP contribution in [0, 0.1) is 5.41 Å². The van der Waals surface area contributed by atoms with Crippen molar-refractivity contribution in [2.75, 3.05) is 31.1 Å². The Morgan fingerprint density at radius 3 is 2.66 bits per heavy atom. The van der Waals surface area contributed by atoms with Gasteiger partial charge in [-0.15, -0.1) is 0 Å². The summed E-state index contributed by atoms with van der Waals surface area (Å²) in [4.78, 5) is 24.9. The van der Waals surface area contributed by atoms with Crippen LogP contribution in [0.15, 0.2) is 47.3 Å². The molecule has 5 heterocycles. The molecular formula is C23H30N4O2. The van der Waals surface area contributed by atoms with Crippen LogP contribution >= 0.6 is 0 Å². The van der Waals surface area contributed by atoms with Crippen molar-refractivity contribution in [2.24, 2.45) is 5.41 Å². The molecule has 154 valence electrons. The molecule has 3 aliphatic rings. The predicted molar refractivity (Wildman–Crippen MR) is 111 cm³/mol. The Kier molecular flexibility index (Phi) is 4.82. The Labute approximate surface area is 172 Å². The highest BCUT2D eigenvalue weighted by molar-refractivity contribution is 5.84. The van der Waals surface area contributed by atoms with E-state index in [1.165, 1.54) is 12.1 Å². The Morgan fingerprint density at radius 1 is 1.17 bits per heavy atom. The maximum atomic E-state index is 13.8. The van der Waals surface area contributed by atoms with Gasteiger partial charge in [-0.05, 0) is 49.9 Å². The van der Waals surface area contributed by atoms with E-state index in [0.717, 1.165) is 57.7 Å². The molecule has 0 unspecified atom stereocenters. The first-order valence-corrected chi connectivity index (χ1v) is 10.9. The molecule has 3 atom stereocenters. The van der Waals surface area contributed by atoms with Gasteiger partial charge in [0.05, 0.1) is 18.2 Å². The van der Waals surface area contributed by atoms with Crippen LogP contribution in [0.5, 0.6) is 0 Å². The van der Waals surface area contributed by atoms with Crippen molar-refractivity contribution in [3.8, 4) is 0 Å². The van der Waals surface area contributed by atoms with Crippen molar-refractivity contribution < 1.29 is 9.21 Å². The largest absolute Gasteiger partial charge is 0.468 e. The number of furan rings is 1. The molecule has 2 aromatic heterocycles. The van der Waals surface area contributed by atoms with Gasteiger partial charge in [-0.3, -0.25) is 14.7 Å². The summed E-state index contributed by atoms with van der Waals surface area (Å²) < 4.78 is 5.61. The first-order chi connectivity index (χ1) is 14.2. The number of fused-ring (bicyclic) bond motifs is 2. The summed E-state index contributed by atoms with van der Waals surface area (Å²) in [5, 5.41) is 0. The van der Waals surface area contributed by atoms with Gasteiger partial charge >= 0.3 is 0 Å². The minimum absolute atomic E-state index is 0.228. The standard InChI is InChI=1S/C23H30N4O2/c1-2-23(16-19-5-6-21(23)27(19)17-20-4-3-15-29-20)22(28)26-13-11-25(12-14-26)18-7-9-24-10-8-18/h3-4,7-10,15,19,21H,2,5-6,11-14,16-17H2,1H3/t19-,21+,23+/m1/s1. The zero-order valence-electron chi connectivity index (χ0n) is 17.2. The van der Waals surface area contributed by atoms with Crippen LogP contribution < -0.4 is 4.90 Å². The second kappa shape index (κ2) is 7.48. The molecule has 0 aromatic carbocycles. The van der Waals surface area contributed by atoms with E-state index < -0.39 is 0 Å². The van der Waals surface area contributed by atoms with Crippen LogP contribution in [0.2, 0.25) is 0 Å². The highest BCUT2D eigenvalue weighted by atomic mass is 16.3. The van der Waals surface area contributed by atoms with Crippen LogP contribution in [0.3, 0.4) is 0 Å². The number of carbonyl (C=O) groups is 1. The van der Waals surface area contributed by atoms with Gasteiger partial charge in [-0.2, -0.15) is 0 Å². The van der Waals surface area contributed by atoms with E-state index in [2.05, 4.69) is 26.6 Å². The van der Waals surface area contributed by atoms with Crippen LogP contribution in [0.4, 0.5) is 5.69 Å². The lowest BCUT2D eigenvalue weighted by Gasteiger charge is -2.43. The van der Waals surface area contributed by atoms with Crippen LogP contribution in [0.25, 0.3) is 0 Å². The predicted octanol–water partition coefficient (Wildman–Crippen LogP) is 3.16. The van der Waals surface area contributed by atoms with E-state index in [1.54, 1.807) is 6.26 Å². The molecule has 29 heavy (non-hydrogen) atoms. The molecule has 3 saturated heterocycles. The van der Waals surface area contributed by atoms with Gasteiger partial charge in [0.1, 0.15) is 5.76 Å². The van der Waals surface area contributed by atoms with E-state index in [-0.39, 0.29) is 5.41 Å². The van der Waals surface area contributed by atoms with Crippen molar-refractivity contribution in [3.05, 3.63) is 48.7 Å². The molecule has 0 N–H and O–H groups in total. The molecule has 5 rings (SSSR count). The average Bonchev–Trinajstić information content (AvgIpc) is 3.51. The molecule has 0 saturated carbocycles. The zero-order valence-corrected chi connectivity index (χ0v) is 17.2. The maximum absolute atomic E-state index is 13.8. The van der Waals surface area contributed by atoms with Crippen molar-refractivity contribution in [1.29, 1.82) is 0 Å². The molecule has 3 aliphatic heterocycles. The van der Waals surface area contributed by atoms with E-state index in [0.29, 0.717) is 18.0 Å². The molecule has 0 radical (unpaired) electrons. The van der Waals surface area contributed by atoms with Gasteiger partial charge in [0, 0.05) is 56.3 Å². The third kappa shape index (κ3) is 3.14. The molecule has 3 fully saturated rings. The second-order valence-corrected chi connectivity index (χ2v) is 8.70. The lowest BCUT2D eigenvalue weighted by molar-refractivity contribution is -0.145. The molecule has 2 aromatic rings. The molecule has 6 heteroatoms. The first-order valence-electron chi connectivity index (χ1n) is 10.9.